The highest BCUT2D eigenvalue weighted by Gasteiger charge is 2.12. The molecule has 0 aromatic carbocycles. The average Bonchev–Trinajstić information content (AvgIpc) is 2.58. The van der Waals surface area contributed by atoms with Crippen LogP contribution in [0.25, 0.3) is 0 Å². The number of hydroxylamine groups is 1. The Kier molecular flexibility index (Phi) is 1.57. The smallest absolute Gasteiger partial charge is 0.147 e. The zero-order valence-corrected chi connectivity index (χ0v) is 5.90. The highest BCUT2D eigenvalue weighted by atomic mass is 16.7. The molecular weight excluding hydrogens is 140 g/mol. The van der Waals surface area contributed by atoms with E-state index >= 15 is 0 Å². The number of aromatic nitrogens is 1. The van der Waals surface area contributed by atoms with Crippen LogP contribution < -0.4 is 5.48 Å². The summed E-state index contributed by atoms with van der Waals surface area (Å²) in [5.41, 5.74) is 3.58. The van der Waals surface area contributed by atoms with E-state index in [0.717, 1.165) is 5.69 Å². The summed E-state index contributed by atoms with van der Waals surface area (Å²) in [5, 5.41) is 0. The molecule has 0 spiro atoms. The summed E-state index contributed by atoms with van der Waals surface area (Å²) in [6, 6.07) is 5.76. The maximum Gasteiger partial charge on any atom is 0.147 e. The summed E-state index contributed by atoms with van der Waals surface area (Å²) in [7, 11) is 0. The van der Waals surface area contributed by atoms with E-state index in [1.807, 2.05) is 24.3 Å². The normalized spacial score (nSPS) is 21.6. The maximum absolute atomic E-state index is 5.12. The third-order valence-corrected chi connectivity index (χ3v) is 1.51. The van der Waals surface area contributed by atoms with Gasteiger partial charge in [-0.2, -0.15) is 0 Å². The Hall–Kier alpha value is -1.35. The predicted molar refractivity (Wildman–Crippen MR) is 40.3 cm³/mol. The van der Waals surface area contributed by atoms with Gasteiger partial charge in [-0.3, -0.25) is 15.3 Å². The topological polar surface area (TPSA) is 34.1 Å². The van der Waals surface area contributed by atoms with Crippen molar-refractivity contribution in [3.63, 3.8) is 0 Å². The number of nitrogens with zero attached hydrogens (tertiary/aromatic N) is 1. The molecule has 1 aliphatic heterocycles. The van der Waals surface area contributed by atoms with Gasteiger partial charge in [0.05, 0.1) is 5.69 Å². The second kappa shape index (κ2) is 2.72. The van der Waals surface area contributed by atoms with Gasteiger partial charge in [0, 0.05) is 12.4 Å². The van der Waals surface area contributed by atoms with E-state index in [4.69, 9.17) is 4.84 Å². The second-order valence-corrected chi connectivity index (χ2v) is 2.27. The van der Waals surface area contributed by atoms with Crippen LogP contribution in [-0.2, 0) is 4.84 Å². The molecule has 0 bridgehead atoms. The molecule has 1 aliphatic rings. The largest absolute Gasteiger partial charge is 0.273 e. The Morgan fingerprint density at radius 2 is 2.45 bits per heavy atom. The summed E-state index contributed by atoms with van der Waals surface area (Å²) in [4.78, 5) is 9.26. The Bertz CT molecular complexity index is 258. The van der Waals surface area contributed by atoms with Crippen LogP contribution in [0.1, 0.15) is 11.8 Å². The number of hydrogen-bond acceptors (Lipinski definition) is 3. The van der Waals surface area contributed by atoms with Crippen molar-refractivity contribution in [2.24, 2.45) is 0 Å². The molecule has 1 aromatic rings. The van der Waals surface area contributed by atoms with Crippen LogP contribution in [0, 0.1) is 0 Å². The summed E-state index contributed by atoms with van der Waals surface area (Å²) in [6.45, 7) is 0. The van der Waals surface area contributed by atoms with Gasteiger partial charge < -0.3 is 0 Å². The molecule has 1 atom stereocenters. The Labute approximate surface area is 64.7 Å². The molecule has 0 fully saturated rings. The van der Waals surface area contributed by atoms with Crippen molar-refractivity contribution < 1.29 is 4.84 Å². The van der Waals surface area contributed by atoms with E-state index in [2.05, 4.69) is 10.5 Å². The lowest BCUT2D eigenvalue weighted by atomic mass is 10.2. The lowest BCUT2D eigenvalue weighted by molar-refractivity contribution is 0.0446. The molecule has 2 heterocycles. The van der Waals surface area contributed by atoms with Gasteiger partial charge in [0.25, 0.3) is 0 Å². The van der Waals surface area contributed by atoms with Crippen molar-refractivity contribution >= 4 is 0 Å². The minimum atomic E-state index is -0.0313. The molecular formula is C8H8N2O. The number of pyridine rings is 1. The molecule has 3 nitrogen and oxygen atoms in total. The zero-order valence-electron chi connectivity index (χ0n) is 5.90. The number of nitrogens with one attached hydrogen (secondary N) is 1. The lowest BCUT2D eigenvalue weighted by Gasteiger charge is -2.04. The molecule has 0 amide bonds. The summed E-state index contributed by atoms with van der Waals surface area (Å²) < 4.78 is 0. The van der Waals surface area contributed by atoms with Gasteiger partial charge in [-0.05, 0) is 18.2 Å². The highest BCUT2D eigenvalue weighted by Crippen LogP contribution is 2.17. The van der Waals surface area contributed by atoms with E-state index in [1.54, 1.807) is 12.4 Å². The van der Waals surface area contributed by atoms with Gasteiger partial charge in [0.1, 0.15) is 6.10 Å². The van der Waals surface area contributed by atoms with Gasteiger partial charge in [0.15, 0.2) is 0 Å². The maximum atomic E-state index is 5.12. The first-order valence-corrected chi connectivity index (χ1v) is 3.45. The van der Waals surface area contributed by atoms with E-state index < -0.39 is 0 Å². The van der Waals surface area contributed by atoms with Crippen molar-refractivity contribution in [3.05, 3.63) is 42.4 Å². The Morgan fingerprint density at radius 3 is 3.09 bits per heavy atom. The van der Waals surface area contributed by atoms with Gasteiger partial charge in [0.2, 0.25) is 0 Å². The predicted octanol–water partition coefficient (Wildman–Crippen LogP) is 1.17. The molecule has 1 aromatic heterocycles. The molecule has 2 rings (SSSR count). The van der Waals surface area contributed by atoms with Crippen LogP contribution >= 0.6 is 0 Å². The average molecular weight is 148 g/mol. The fourth-order valence-electron chi connectivity index (χ4n) is 0.982. The molecule has 56 valence electrons. The van der Waals surface area contributed by atoms with Crippen molar-refractivity contribution in [1.82, 2.24) is 10.5 Å². The first-order valence-electron chi connectivity index (χ1n) is 3.45. The van der Waals surface area contributed by atoms with Crippen molar-refractivity contribution in [2.75, 3.05) is 0 Å². The molecule has 0 aliphatic carbocycles. The van der Waals surface area contributed by atoms with Crippen LogP contribution in [0.2, 0.25) is 0 Å². The minimum Gasteiger partial charge on any atom is -0.273 e. The number of rotatable bonds is 1. The van der Waals surface area contributed by atoms with Crippen LogP contribution in [0.4, 0.5) is 0 Å². The molecule has 11 heavy (non-hydrogen) atoms. The van der Waals surface area contributed by atoms with Crippen molar-refractivity contribution in [3.8, 4) is 0 Å². The van der Waals surface area contributed by atoms with E-state index in [-0.39, 0.29) is 6.10 Å². The summed E-state index contributed by atoms with van der Waals surface area (Å²) >= 11 is 0. The summed E-state index contributed by atoms with van der Waals surface area (Å²) in [5.74, 6) is 0. The molecule has 0 radical (unpaired) electrons. The molecule has 3 heteroatoms. The quantitative estimate of drug-likeness (QED) is 0.649. The van der Waals surface area contributed by atoms with Crippen LogP contribution in [0.3, 0.4) is 0 Å². The van der Waals surface area contributed by atoms with Crippen LogP contribution in [-0.4, -0.2) is 4.98 Å². The van der Waals surface area contributed by atoms with E-state index in [0.29, 0.717) is 0 Å². The molecule has 1 N–H and O–H groups in total. The SMILES string of the molecule is C1=CC(c2ccccn2)ON1. The van der Waals surface area contributed by atoms with Crippen LogP contribution in [0.5, 0.6) is 0 Å². The van der Waals surface area contributed by atoms with Crippen molar-refractivity contribution in [1.29, 1.82) is 0 Å². The first-order chi connectivity index (χ1) is 5.47. The van der Waals surface area contributed by atoms with Gasteiger partial charge in [-0.1, -0.05) is 6.07 Å². The molecule has 1 unspecified atom stereocenters. The zero-order chi connectivity index (χ0) is 7.52. The van der Waals surface area contributed by atoms with E-state index in [9.17, 15) is 0 Å². The van der Waals surface area contributed by atoms with Crippen molar-refractivity contribution in [2.45, 2.75) is 6.10 Å². The van der Waals surface area contributed by atoms with Gasteiger partial charge in [-0.15, -0.1) is 0 Å². The monoisotopic (exact) mass is 148 g/mol. The van der Waals surface area contributed by atoms with E-state index in [1.165, 1.54) is 0 Å². The molecule has 0 saturated heterocycles. The minimum absolute atomic E-state index is 0.0313. The standard InChI is InChI=1S/C8H8N2O/c1-2-5-9-7(3-1)8-4-6-10-11-8/h1-6,8,10H. The third kappa shape index (κ3) is 1.23. The van der Waals surface area contributed by atoms with Gasteiger partial charge >= 0.3 is 0 Å². The first kappa shape index (κ1) is 6.37. The molecule has 0 saturated carbocycles. The lowest BCUT2D eigenvalue weighted by Crippen LogP contribution is -2.04. The second-order valence-electron chi connectivity index (χ2n) is 2.27. The van der Waals surface area contributed by atoms with Gasteiger partial charge in [-0.25, -0.2) is 0 Å². The highest BCUT2D eigenvalue weighted by molar-refractivity contribution is 5.13. The fraction of sp³-hybridized carbons (Fsp3) is 0.125. The Morgan fingerprint density at radius 1 is 1.45 bits per heavy atom. The summed E-state index contributed by atoms with van der Waals surface area (Å²) in [6.07, 6.45) is 5.41. The fourth-order valence-corrected chi connectivity index (χ4v) is 0.982. The third-order valence-electron chi connectivity index (χ3n) is 1.51. The number of hydrogen-bond donors (Lipinski definition) is 1. The Balaban J connectivity index is 2.23. The van der Waals surface area contributed by atoms with Crippen LogP contribution in [0.15, 0.2) is 36.7 Å².